The van der Waals surface area contributed by atoms with Crippen LogP contribution in [0, 0.1) is 0 Å². The number of hydrogen-bond donors (Lipinski definition) is 1. The largest absolute Gasteiger partial charge is 0.383 e. The van der Waals surface area contributed by atoms with E-state index in [-0.39, 0.29) is 12.1 Å². The van der Waals surface area contributed by atoms with Gasteiger partial charge in [-0.3, -0.25) is 4.90 Å². The minimum atomic E-state index is 0.132. The lowest BCUT2D eigenvalue weighted by atomic mass is 9.97. The number of rotatable bonds is 7. The van der Waals surface area contributed by atoms with Gasteiger partial charge in [-0.25, -0.2) is 0 Å². The van der Waals surface area contributed by atoms with Crippen molar-refractivity contribution in [2.24, 2.45) is 5.73 Å². The predicted molar refractivity (Wildman–Crippen MR) is 79.7 cm³/mol. The molecule has 0 fully saturated rings. The fourth-order valence-electron chi connectivity index (χ4n) is 2.09. The number of benzene rings is 1. The zero-order chi connectivity index (χ0) is 13.5. The van der Waals surface area contributed by atoms with Gasteiger partial charge in [0.05, 0.1) is 6.61 Å². The van der Waals surface area contributed by atoms with Gasteiger partial charge in [0.15, 0.2) is 0 Å². The van der Waals surface area contributed by atoms with Crippen LogP contribution in [0.3, 0.4) is 0 Å². The second-order valence-corrected chi connectivity index (χ2v) is 5.46. The second-order valence-electron chi connectivity index (χ2n) is 4.54. The Labute approximate surface area is 118 Å². The van der Waals surface area contributed by atoms with Crippen LogP contribution in [0.5, 0.6) is 0 Å². The molecule has 102 valence electrons. The van der Waals surface area contributed by atoms with Gasteiger partial charge in [0, 0.05) is 30.2 Å². The molecule has 0 saturated heterocycles. The average Bonchev–Trinajstić information content (AvgIpc) is 2.38. The first-order chi connectivity index (χ1) is 8.60. The highest BCUT2D eigenvalue weighted by atomic mass is 79.9. The maximum Gasteiger partial charge on any atom is 0.0589 e. The van der Waals surface area contributed by atoms with Crippen molar-refractivity contribution in [2.75, 3.05) is 27.3 Å². The van der Waals surface area contributed by atoms with Crippen LogP contribution in [0.4, 0.5) is 0 Å². The molecule has 3 nitrogen and oxygen atoms in total. The van der Waals surface area contributed by atoms with Gasteiger partial charge in [-0.1, -0.05) is 35.0 Å². The normalized spacial score (nSPS) is 14.8. The van der Waals surface area contributed by atoms with E-state index in [4.69, 9.17) is 10.5 Å². The average molecular weight is 315 g/mol. The maximum absolute atomic E-state index is 6.27. The summed E-state index contributed by atoms with van der Waals surface area (Å²) in [6, 6.07) is 8.76. The Morgan fingerprint density at radius 1 is 1.33 bits per heavy atom. The summed E-state index contributed by atoms with van der Waals surface area (Å²) in [5.41, 5.74) is 7.52. The number of halogens is 1. The molecule has 2 atom stereocenters. The molecule has 1 aromatic rings. The van der Waals surface area contributed by atoms with Gasteiger partial charge in [0.2, 0.25) is 0 Å². The Hall–Kier alpha value is -0.420. The predicted octanol–water partition coefficient (Wildman–Crippen LogP) is 2.81. The van der Waals surface area contributed by atoms with Crippen molar-refractivity contribution < 1.29 is 4.74 Å². The van der Waals surface area contributed by atoms with Crippen LogP contribution in [-0.2, 0) is 4.74 Å². The number of ether oxygens (including phenoxy) is 1. The first-order valence-corrected chi connectivity index (χ1v) is 7.09. The van der Waals surface area contributed by atoms with Crippen molar-refractivity contribution in [3.8, 4) is 0 Å². The van der Waals surface area contributed by atoms with E-state index >= 15 is 0 Å². The summed E-state index contributed by atoms with van der Waals surface area (Å²) in [7, 11) is 3.82. The van der Waals surface area contributed by atoms with Gasteiger partial charge in [-0.2, -0.15) is 0 Å². The van der Waals surface area contributed by atoms with Crippen molar-refractivity contribution in [3.05, 3.63) is 34.3 Å². The molecule has 18 heavy (non-hydrogen) atoms. The highest BCUT2D eigenvalue weighted by Gasteiger charge is 2.22. The van der Waals surface area contributed by atoms with Gasteiger partial charge in [-0.15, -0.1) is 0 Å². The monoisotopic (exact) mass is 314 g/mol. The van der Waals surface area contributed by atoms with Crippen molar-refractivity contribution in [1.82, 2.24) is 4.90 Å². The summed E-state index contributed by atoms with van der Waals surface area (Å²) in [6.45, 7) is 3.73. The molecule has 0 bridgehead atoms. The van der Waals surface area contributed by atoms with Crippen LogP contribution in [0.2, 0.25) is 0 Å². The van der Waals surface area contributed by atoms with E-state index in [0.29, 0.717) is 0 Å². The molecule has 0 saturated carbocycles. The molecule has 2 unspecified atom stereocenters. The highest BCUT2D eigenvalue weighted by molar-refractivity contribution is 9.10. The number of likely N-dealkylation sites (N-methyl/N-ethyl adjacent to an activating group) is 1. The quantitative estimate of drug-likeness (QED) is 0.841. The fourth-order valence-corrected chi connectivity index (χ4v) is 2.35. The summed E-state index contributed by atoms with van der Waals surface area (Å²) in [5, 5.41) is 0. The summed E-state index contributed by atoms with van der Waals surface area (Å²) in [6.07, 6.45) is 0.956. The number of methoxy groups -OCH3 is 1. The van der Waals surface area contributed by atoms with E-state index in [1.165, 1.54) is 5.56 Å². The zero-order valence-electron chi connectivity index (χ0n) is 11.4. The van der Waals surface area contributed by atoms with E-state index in [1.807, 2.05) is 0 Å². The third-order valence-electron chi connectivity index (χ3n) is 3.21. The Morgan fingerprint density at radius 3 is 2.44 bits per heavy atom. The first-order valence-electron chi connectivity index (χ1n) is 6.30. The van der Waals surface area contributed by atoms with E-state index in [9.17, 15) is 0 Å². The Morgan fingerprint density at radius 2 is 1.94 bits per heavy atom. The minimum Gasteiger partial charge on any atom is -0.383 e. The number of hydrogen-bond acceptors (Lipinski definition) is 3. The van der Waals surface area contributed by atoms with Gasteiger partial charge in [-0.05, 0) is 31.2 Å². The molecule has 0 radical (unpaired) electrons. The molecule has 0 aliphatic carbocycles. The van der Waals surface area contributed by atoms with Crippen molar-refractivity contribution in [2.45, 2.75) is 25.4 Å². The standard InChI is InChI=1S/C14H23BrN2O/c1-4-13(16)14(17(2)9-10-18-3)11-5-7-12(15)8-6-11/h5-8,13-14H,4,9-10,16H2,1-3H3. The van der Waals surface area contributed by atoms with Crippen molar-refractivity contribution in [3.63, 3.8) is 0 Å². The van der Waals surface area contributed by atoms with E-state index < -0.39 is 0 Å². The van der Waals surface area contributed by atoms with E-state index in [2.05, 4.69) is 59.1 Å². The van der Waals surface area contributed by atoms with Crippen LogP contribution in [0.25, 0.3) is 0 Å². The highest BCUT2D eigenvalue weighted by Crippen LogP contribution is 2.25. The number of nitrogens with two attached hydrogens (primary N) is 1. The molecule has 2 N–H and O–H groups in total. The van der Waals surface area contributed by atoms with Crippen molar-refractivity contribution >= 4 is 15.9 Å². The molecule has 0 aromatic heterocycles. The third kappa shape index (κ3) is 4.35. The molecule has 1 aromatic carbocycles. The van der Waals surface area contributed by atoms with Crippen molar-refractivity contribution in [1.29, 1.82) is 0 Å². The molecular formula is C14H23BrN2O. The van der Waals surface area contributed by atoms with Crippen LogP contribution in [0.15, 0.2) is 28.7 Å². The maximum atomic E-state index is 6.27. The Kier molecular flexibility index (Phi) is 6.86. The fraction of sp³-hybridized carbons (Fsp3) is 0.571. The molecule has 1 rings (SSSR count). The summed E-state index contributed by atoms with van der Waals surface area (Å²) in [4.78, 5) is 2.26. The smallest absolute Gasteiger partial charge is 0.0589 e. The molecular weight excluding hydrogens is 292 g/mol. The lowest BCUT2D eigenvalue weighted by molar-refractivity contribution is 0.128. The van der Waals surface area contributed by atoms with E-state index in [0.717, 1.165) is 24.0 Å². The molecule has 0 spiro atoms. The molecule has 0 amide bonds. The third-order valence-corrected chi connectivity index (χ3v) is 3.74. The Bertz CT molecular complexity index is 342. The van der Waals surface area contributed by atoms with Gasteiger partial charge < -0.3 is 10.5 Å². The minimum absolute atomic E-state index is 0.132. The molecule has 4 heteroatoms. The lowest BCUT2D eigenvalue weighted by Crippen LogP contribution is -2.40. The molecule has 0 aliphatic rings. The summed E-state index contributed by atoms with van der Waals surface area (Å²) in [5.74, 6) is 0. The van der Waals surface area contributed by atoms with Crippen LogP contribution in [-0.4, -0.2) is 38.3 Å². The molecule has 0 aliphatic heterocycles. The molecule has 0 heterocycles. The Balaban J connectivity index is 2.86. The van der Waals surface area contributed by atoms with Gasteiger partial charge in [0.1, 0.15) is 0 Å². The zero-order valence-corrected chi connectivity index (χ0v) is 13.0. The first kappa shape index (κ1) is 15.6. The van der Waals surface area contributed by atoms with Crippen LogP contribution >= 0.6 is 15.9 Å². The summed E-state index contributed by atoms with van der Waals surface area (Å²) >= 11 is 3.46. The van der Waals surface area contributed by atoms with Crippen LogP contribution in [0.1, 0.15) is 24.9 Å². The van der Waals surface area contributed by atoms with E-state index in [1.54, 1.807) is 7.11 Å². The van der Waals surface area contributed by atoms with Crippen LogP contribution < -0.4 is 5.73 Å². The topological polar surface area (TPSA) is 38.5 Å². The van der Waals surface area contributed by atoms with Gasteiger partial charge >= 0.3 is 0 Å². The second kappa shape index (κ2) is 7.89. The van der Waals surface area contributed by atoms with Gasteiger partial charge in [0.25, 0.3) is 0 Å². The number of nitrogens with zero attached hydrogens (tertiary/aromatic N) is 1. The SMILES string of the molecule is CCC(N)C(c1ccc(Br)cc1)N(C)CCOC. The lowest BCUT2D eigenvalue weighted by Gasteiger charge is -2.32. The summed E-state index contributed by atoms with van der Waals surface area (Å²) < 4.78 is 6.23.